The van der Waals surface area contributed by atoms with Crippen molar-refractivity contribution in [3.63, 3.8) is 0 Å². The van der Waals surface area contributed by atoms with Crippen LogP contribution in [-0.2, 0) is 9.84 Å². The van der Waals surface area contributed by atoms with Crippen molar-refractivity contribution in [2.75, 3.05) is 12.4 Å². The van der Waals surface area contributed by atoms with E-state index in [1.807, 2.05) is 45.9 Å². The third-order valence-corrected chi connectivity index (χ3v) is 5.08. The second kappa shape index (κ2) is 7.12. The molecule has 0 fully saturated rings. The van der Waals surface area contributed by atoms with Crippen LogP contribution in [0.1, 0.15) is 43.1 Å². The van der Waals surface area contributed by atoms with E-state index in [0.29, 0.717) is 18.9 Å². The predicted molar refractivity (Wildman–Crippen MR) is 88.6 cm³/mol. The van der Waals surface area contributed by atoms with Crippen molar-refractivity contribution in [1.29, 1.82) is 0 Å². The molecule has 0 aliphatic carbocycles. The Morgan fingerprint density at radius 3 is 2.43 bits per heavy atom. The summed E-state index contributed by atoms with van der Waals surface area (Å²) in [5.41, 5.74) is 2.09. The van der Waals surface area contributed by atoms with E-state index in [0.717, 1.165) is 16.9 Å². The Kier molecular flexibility index (Phi) is 5.41. The molecule has 0 unspecified atom stereocenters. The zero-order chi connectivity index (χ0) is 17.0. The van der Waals surface area contributed by atoms with Gasteiger partial charge in [-0.2, -0.15) is 0 Å². The smallest absolute Gasteiger partial charge is 0.266 e. The summed E-state index contributed by atoms with van der Waals surface area (Å²) in [4.78, 5) is 4.05. The molecule has 2 aromatic rings. The summed E-state index contributed by atoms with van der Waals surface area (Å²) in [7, 11) is -3.48. The van der Waals surface area contributed by atoms with E-state index in [9.17, 15) is 8.42 Å². The number of benzene rings is 1. The number of para-hydroxylation sites is 1. The molecule has 1 aromatic carbocycles. The van der Waals surface area contributed by atoms with Crippen molar-refractivity contribution >= 4 is 9.84 Å². The fraction of sp³-hybridized carbons (Fsp3) is 0.500. The second-order valence-electron chi connectivity index (χ2n) is 5.90. The summed E-state index contributed by atoms with van der Waals surface area (Å²) in [6.07, 6.45) is 0.391. The van der Waals surface area contributed by atoms with Gasteiger partial charge >= 0.3 is 0 Å². The molecule has 0 amide bonds. The van der Waals surface area contributed by atoms with Gasteiger partial charge in [-0.05, 0) is 31.4 Å². The molecule has 1 aromatic heterocycles. The number of aromatic nitrogens is 3. The summed E-state index contributed by atoms with van der Waals surface area (Å²) in [6.45, 7) is 8.14. The highest BCUT2D eigenvalue weighted by molar-refractivity contribution is 7.91. The number of sulfone groups is 1. The van der Waals surface area contributed by atoms with Crippen LogP contribution in [0.5, 0.6) is 5.75 Å². The third-order valence-electron chi connectivity index (χ3n) is 3.52. The lowest BCUT2D eigenvalue weighted by Crippen LogP contribution is -2.12. The summed E-state index contributed by atoms with van der Waals surface area (Å²) in [6, 6.07) is 5.91. The minimum atomic E-state index is -3.48. The highest BCUT2D eigenvalue weighted by atomic mass is 32.2. The van der Waals surface area contributed by atoms with Crippen LogP contribution in [0.3, 0.4) is 0 Å². The van der Waals surface area contributed by atoms with E-state index in [-0.39, 0.29) is 16.8 Å². The first-order valence-corrected chi connectivity index (χ1v) is 9.30. The zero-order valence-electron chi connectivity index (χ0n) is 14.0. The molecule has 0 aliphatic rings. The lowest BCUT2D eigenvalue weighted by Gasteiger charge is -2.11. The van der Waals surface area contributed by atoms with Crippen molar-refractivity contribution in [2.45, 2.75) is 45.2 Å². The lowest BCUT2D eigenvalue weighted by atomic mass is 10.1. The number of ether oxygens (including phenoxy) is 1. The Labute approximate surface area is 137 Å². The van der Waals surface area contributed by atoms with Crippen LogP contribution in [0.4, 0.5) is 0 Å². The fourth-order valence-electron chi connectivity index (χ4n) is 2.20. The van der Waals surface area contributed by atoms with Crippen LogP contribution in [0, 0.1) is 13.8 Å². The molecule has 0 saturated heterocycles. The Bertz CT molecular complexity index is 746. The summed E-state index contributed by atoms with van der Waals surface area (Å²) >= 11 is 0. The molecular formula is C16H23N3O3S. The highest BCUT2D eigenvalue weighted by Crippen LogP contribution is 2.22. The van der Waals surface area contributed by atoms with Gasteiger partial charge in [0.25, 0.3) is 5.16 Å². The second-order valence-corrected chi connectivity index (χ2v) is 7.90. The van der Waals surface area contributed by atoms with Crippen LogP contribution in [-0.4, -0.2) is 36.0 Å². The van der Waals surface area contributed by atoms with Gasteiger partial charge in [-0.15, -0.1) is 5.10 Å². The molecule has 0 spiro atoms. The van der Waals surface area contributed by atoms with Gasteiger partial charge in [-0.3, -0.25) is 5.10 Å². The molecule has 6 nitrogen and oxygen atoms in total. The molecule has 0 atom stereocenters. The van der Waals surface area contributed by atoms with Gasteiger partial charge < -0.3 is 4.74 Å². The molecule has 7 heteroatoms. The Balaban J connectivity index is 1.92. The quantitative estimate of drug-likeness (QED) is 0.785. The van der Waals surface area contributed by atoms with Gasteiger partial charge in [-0.1, -0.05) is 32.0 Å². The maximum Gasteiger partial charge on any atom is 0.266 e. The number of hydrogen-bond donors (Lipinski definition) is 1. The van der Waals surface area contributed by atoms with Gasteiger partial charge in [0.2, 0.25) is 9.84 Å². The van der Waals surface area contributed by atoms with E-state index < -0.39 is 9.84 Å². The van der Waals surface area contributed by atoms with E-state index in [1.54, 1.807) is 0 Å². The average Bonchev–Trinajstić information content (AvgIpc) is 2.97. The first kappa shape index (κ1) is 17.5. The number of rotatable bonds is 7. The number of aromatic amines is 1. The van der Waals surface area contributed by atoms with E-state index >= 15 is 0 Å². The van der Waals surface area contributed by atoms with Crippen LogP contribution in [0.15, 0.2) is 23.4 Å². The molecule has 0 aliphatic heterocycles. The van der Waals surface area contributed by atoms with E-state index in [4.69, 9.17) is 4.74 Å². The maximum absolute atomic E-state index is 12.2. The average molecular weight is 337 g/mol. The molecular weight excluding hydrogens is 314 g/mol. The maximum atomic E-state index is 12.2. The van der Waals surface area contributed by atoms with Crippen molar-refractivity contribution < 1.29 is 13.2 Å². The minimum Gasteiger partial charge on any atom is -0.493 e. The minimum absolute atomic E-state index is 0.0344. The summed E-state index contributed by atoms with van der Waals surface area (Å²) in [5.74, 6) is 1.48. The molecule has 1 N–H and O–H groups in total. The standard InChI is InChI=1S/C16H23N3O3S/c1-11(2)15-17-16(19-18-15)23(20,21)10-6-9-22-14-12(3)7-5-8-13(14)4/h5,7-8,11H,6,9-10H2,1-4H3,(H,17,18,19). The number of nitrogens with zero attached hydrogens (tertiary/aromatic N) is 2. The Hall–Kier alpha value is -1.89. The number of H-pyrrole nitrogens is 1. The Morgan fingerprint density at radius 2 is 1.87 bits per heavy atom. The molecule has 126 valence electrons. The van der Waals surface area contributed by atoms with E-state index in [1.165, 1.54) is 0 Å². The van der Waals surface area contributed by atoms with E-state index in [2.05, 4.69) is 15.2 Å². The molecule has 1 heterocycles. The molecule has 0 bridgehead atoms. The van der Waals surface area contributed by atoms with Gasteiger partial charge in [0, 0.05) is 5.92 Å². The molecule has 0 saturated carbocycles. The highest BCUT2D eigenvalue weighted by Gasteiger charge is 2.21. The Morgan fingerprint density at radius 1 is 1.22 bits per heavy atom. The summed E-state index contributed by atoms with van der Waals surface area (Å²) < 4.78 is 30.2. The first-order chi connectivity index (χ1) is 10.8. The monoisotopic (exact) mass is 337 g/mol. The molecule has 23 heavy (non-hydrogen) atoms. The van der Waals surface area contributed by atoms with Crippen molar-refractivity contribution in [3.05, 3.63) is 35.2 Å². The normalized spacial score (nSPS) is 11.9. The fourth-order valence-corrected chi connectivity index (χ4v) is 3.30. The van der Waals surface area contributed by atoms with Crippen molar-refractivity contribution in [1.82, 2.24) is 15.2 Å². The lowest BCUT2D eigenvalue weighted by molar-refractivity contribution is 0.313. The summed E-state index contributed by atoms with van der Waals surface area (Å²) in [5, 5.41) is 6.35. The van der Waals surface area contributed by atoms with Crippen LogP contribution in [0.25, 0.3) is 0 Å². The van der Waals surface area contributed by atoms with Crippen LogP contribution < -0.4 is 4.74 Å². The number of aryl methyl sites for hydroxylation is 2. The van der Waals surface area contributed by atoms with Crippen LogP contribution in [0.2, 0.25) is 0 Å². The SMILES string of the molecule is Cc1cccc(C)c1OCCCS(=O)(=O)c1n[nH]c(C(C)C)n1. The third kappa shape index (κ3) is 4.31. The number of hydrogen-bond acceptors (Lipinski definition) is 5. The van der Waals surface area contributed by atoms with Crippen LogP contribution >= 0.6 is 0 Å². The number of nitrogens with one attached hydrogen (secondary N) is 1. The van der Waals surface area contributed by atoms with Gasteiger partial charge in [0.05, 0.1) is 12.4 Å². The molecule has 0 radical (unpaired) electrons. The zero-order valence-corrected chi connectivity index (χ0v) is 14.8. The topological polar surface area (TPSA) is 84.9 Å². The largest absolute Gasteiger partial charge is 0.493 e. The van der Waals surface area contributed by atoms with Gasteiger partial charge in [-0.25, -0.2) is 13.4 Å². The molecule has 2 rings (SSSR count). The first-order valence-electron chi connectivity index (χ1n) is 7.65. The van der Waals surface area contributed by atoms with Gasteiger partial charge in [0.15, 0.2) is 0 Å². The van der Waals surface area contributed by atoms with Gasteiger partial charge in [0.1, 0.15) is 11.6 Å². The van der Waals surface area contributed by atoms with Crippen molar-refractivity contribution in [3.8, 4) is 5.75 Å². The predicted octanol–water partition coefficient (Wildman–Crippen LogP) is 2.79. The van der Waals surface area contributed by atoms with Crippen molar-refractivity contribution in [2.24, 2.45) is 0 Å².